The van der Waals surface area contributed by atoms with Crippen LogP contribution in [-0.2, 0) is 9.59 Å². The van der Waals surface area contributed by atoms with Crippen molar-refractivity contribution in [2.24, 2.45) is 0 Å². The van der Waals surface area contributed by atoms with E-state index in [4.69, 9.17) is 4.74 Å². The lowest BCUT2D eigenvalue weighted by atomic mass is 10.1. The second-order valence-corrected chi connectivity index (χ2v) is 6.19. The van der Waals surface area contributed by atoms with Gasteiger partial charge in [-0.25, -0.2) is 9.69 Å². The minimum Gasteiger partial charge on any atom is -0.493 e. The lowest BCUT2D eigenvalue weighted by Crippen LogP contribution is -2.54. The van der Waals surface area contributed by atoms with Gasteiger partial charge in [0.15, 0.2) is 0 Å². The van der Waals surface area contributed by atoms with E-state index in [9.17, 15) is 14.4 Å². The van der Waals surface area contributed by atoms with Crippen molar-refractivity contribution in [2.75, 3.05) is 11.5 Å². The minimum atomic E-state index is -0.803. The van der Waals surface area contributed by atoms with Gasteiger partial charge in [0.2, 0.25) is 0 Å². The van der Waals surface area contributed by atoms with Crippen molar-refractivity contribution in [1.82, 2.24) is 10.3 Å². The highest BCUT2D eigenvalue weighted by Crippen LogP contribution is 2.27. The quantitative estimate of drug-likeness (QED) is 0.612. The van der Waals surface area contributed by atoms with Crippen molar-refractivity contribution in [3.63, 3.8) is 0 Å². The van der Waals surface area contributed by atoms with Crippen molar-refractivity contribution in [2.45, 2.75) is 6.92 Å². The van der Waals surface area contributed by atoms with Gasteiger partial charge in [0.25, 0.3) is 11.8 Å². The third-order valence-electron chi connectivity index (χ3n) is 3.59. The number of aromatic nitrogens is 1. The first-order chi connectivity index (χ1) is 12.5. The van der Waals surface area contributed by atoms with Gasteiger partial charge < -0.3 is 4.74 Å². The average Bonchev–Trinajstić information content (AvgIpc) is 2.61. The first-order valence-corrected chi connectivity index (χ1v) is 8.54. The average molecular weight is 416 g/mol. The smallest absolute Gasteiger partial charge is 0.335 e. The number of nitrogens with zero attached hydrogens (tertiary/aromatic N) is 2. The number of pyridine rings is 1. The van der Waals surface area contributed by atoms with Crippen molar-refractivity contribution in [3.05, 3.63) is 58.3 Å². The molecule has 4 amide bonds. The number of hydrogen-bond acceptors (Lipinski definition) is 5. The Kier molecular flexibility index (Phi) is 5.13. The zero-order valence-electron chi connectivity index (χ0n) is 13.7. The maximum absolute atomic E-state index is 12.8. The first-order valence-electron chi connectivity index (χ1n) is 7.75. The summed E-state index contributed by atoms with van der Waals surface area (Å²) in [5.74, 6) is -0.948. The molecule has 2 aromatic rings. The van der Waals surface area contributed by atoms with Gasteiger partial charge in [0, 0.05) is 22.4 Å². The number of carbonyl (C=O) groups is 3. The van der Waals surface area contributed by atoms with E-state index in [2.05, 4.69) is 26.2 Å². The van der Waals surface area contributed by atoms with E-state index in [1.54, 1.807) is 18.2 Å². The van der Waals surface area contributed by atoms with Gasteiger partial charge in [-0.15, -0.1) is 0 Å². The van der Waals surface area contributed by atoms with Crippen LogP contribution in [0.2, 0.25) is 0 Å². The molecule has 1 aromatic carbocycles. The van der Waals surface area contributed by atoms with E-state index in [-0.39, 0.29) is 5.57 Å². The second kappa shape index (κ2) is 7.49. The Labute approximate surface area is 157 Å². The molecule has 1 saturated heterocycles. The highest BCUT2D eigenvalue weighted by Gasteiger charge is 2.36. The largest absolute Gasteiger partial charge is 0.493 e. The fourth-order valence-electron chi connectivity index (χ4n) is 2.46. The Morgan fingerprint density at radius 2 is 1.92 bits per heavy atom. The fourth-order valence-corrected chi connectivity index (χ4v) is 2.84. The van der Waals surface area contributed by atoms with Crippen LogP contribution in [-0.4, -0.2) is 29.4 Å². The van der Waals surface area contributed by atoms with Gasteiger partial charge in [0.05, 0.1) is 12.3 Å². The van der Waals surface area contributed by atoms with Crippen LogP contribution in [0.15, 0.2) is 52.8 Å². The SMILES string of the molecule is CCOc1ccc(Br)cc1/C=C1\C(=O)NC(=O)N(c2ccncc2)C1=O. The molecule has 1 fully saturated rings. The molecule has 0 radical (unpaired) electrons. The summed E-state index contributed by atoms with van der Waals surface area (Å²) in [6.07, 6.45) is 4.32. The molecule has 0 unspecified atom stereocenters. The number of rotatable bonds is 4. The predicted octanol–water partition coefficient (Wildman–Crippen LogP) is 2.91. The molecular formula is C18H14BrN3O4. The molecular weight excluding hydrogens is 402 g/mol. The molecule has 0 bridgehead atoms. The summed E-state index contributed by atoms with van der Waals surface area (Å²) < 4.78 is 6.30. The number of benzene rings is 1. The Bertz CT molecular complexity index is 912. The summed E-state index contributed by atoms with van der Waals surface area (Å²) in [6, 6.07) is 7.47. The van der Waals surface area contributed by atoms with E-state index in [1.165, 1.54) is 30.6 Å². The molecule has 2 heterocycles. The van der Waals surface area contributed by atoms with Crippen LogP contribution >= 0.6 is 15.9 Å². The van der Waals surface area contributed by atoms with Gasteiger partial charge in [0.1, 0.15) is 11.3 Å². The summed E-state index contributed by atoms with van der Waals surface area (Å²) >= 11 is 3.36. The van der Waals surface area contributed by atoms with Crippen molar-refractivity contribution < 1.29 is 19.1 Å². The number of nitrogens with one attached hydrogen (secondary N) is 1. The maximum atomic E-state index is 12.8. The van der Waals surface area contributed by atoms with Crippen molar-refractivity contribution in [3.8, 4) is 5.75 Å². The van der Waals surface area contributed by atoms with Crippen LogP contribution in [0.25, 0.3) is 6.08 Å². The Morgan fingerprint density at radius 3 is 2.62 bits per heavy atom. The fraction of sp³-hybridized carbons (Fsp3) is 0.111. The zero-order valence-corrected chi connectivity index (χ0v) is 15.3. The van der Waals surface area contributed by atoms with Crippen LogP contribution in [0.5, 0.6) is 5.75 Å². The maximum Gasteiger partial charge on any atom is 0.335 e. The van der Waals surface area contributed by atoms with Crippen molar-refractivity contribution in [1.29, 1.82) is 0 Å². The Hall–Kier alpha value is -3.00. The normalized spacial score (nSPS) is 16.0. The topological polar surface area (TPSA) is 88.6 Å². The number of amides is 4. The number of imide groups is 2. The molecule has 3 rings (SSSR count). The highest BCUT2D eigenvalue weighted by molar-refractivity contribution is 9.10. The number of urea groups is 1. The highest BCUT2D eigenvalue weighted by atomic mass is 79.9. The summed E-state index contributed by atoms with van der Waals surface area (Å²) in [6.45, 7) is 2.26. The number of carbonyl (C=O) groups excluding carboxylic acids is 3. The van der Waals surface area contributed by atoms with Crippen molar-refractivity contribution >= 4 is 45.5 Å². The van der Waals surface area contributed by atoms with Crippen LogP contribution in [0.4, 0.5) is 10.5 Å². The number of ether oxygens (including phenoxy) is 1. The molecule has 1 aromatic heterocycles. The zero-order chi connectivity index (χ0) is 18.7. The van der Waals surface area contributed by atoms with E-state index in [0.29, 0.717) is 23.6 Å². The van der Waals surface area contributed by atoms with Crippen LogP contribution in [0, 0.1) is 0 Å². The van der Waals surface area contributed by atoms with E-state index in [1.807, 2.05) is 6.92 Å². The summed E-state index contributed by atoms with van der Waals surface area (Å²) in [7, 11) is 0. The van der Waals surface area contributed by atoms with Crippen LogP contribution < -0.4 is 15.0 Å². The van der Waals surface area contributed by atoms with E-state index in [0.717, 1.165) is 9.37 Å². The number of barbiturate groups is 1. The standard InChI is InChI=1S/C18H14BrN3O4/c1-2-26-15-4-3-12(19)9-11(15)10-14-16(23)21-18(25)22(17(14)24)13-5-7-20-8-6-13/h3-10H,2H2,1H3,(H,21,23,25)/b14-10+. The van der Waals surface area contributed by atoms with Gasteiger partial charge >= 0.3 is 6.03 Å². The van der Waals surface area contributed by atoms with E-state index < -0.39 is 17.8 Å². The Morgan fingerprint density at radius 1 is 1.19 bits per heavy atom. The predicted molar refractivity (Wildman–Crippen MR) is 98.5 cm³/mol. The van der Waals surface area contributed by atoms with E-state index >= 15 is 0 Å². The lowest BCUT2D eigenvalue weighted by molar-refractivity contribution is -0.122. The molecule has 0 aliphatic carbocycles. The minimum absolute atomic E-state index is 0.166. The Balaban J connectivity index is 2.05. The van der Waals surface area contributed by atoms with Crippen LogP contribution in [0.3, 0.4) is 0 Å². The third-order valence-corrected chi connectivity index (χ3v) is 4.09. The summed E-state index contributed by atoms with van der Waals surface area (Å²) in [4.78, 5) is 41.9. The number of anilines is 1. The molecule has 0 spiro atoms. The second-order valence-electron chi connectivity index (χ2n) is 5.28. The molecule has 1 aliphatic rings. The number of halogens is 1. The van der Waals surface area contributed by atoms with Gasteiger partial charge in [-0.05, 0) is 43.3 Å². The number of hydrogen-bond donors (Lipinski definition) is 1. The molecule has 8 heteroatoms. The molecule has 1 aliphatic heterocycles. The summed E-state index contributed by atoms with van der Waals surface area (Å²) in [5.41, 5.74) is 0.699. The monoisotopic (exact) mass is 415 g/mol. The molecule has 132 valence electrons. The van der Waals surface area contributed by atoms with Gasteiger partial charge in [-0.1, -0.05) is 15.9 Å². The molecule has 26 heavy (non-hydrogen) atoms. The lowest BCUT2D eigenvalue weighted by Gasteiger charge is -2.26. The molecule has 0 atom stereocenters. The van der Waals surface area contributed by atoms with Crippen LogP contribution in [0.1, 0.15) is 12.5 Å². The third kappa shape index (κ3) is 3.50. The first kappa shape index (κ1) is 17.8. The van der Waals surface area contributed by atoms with Gasteiger partial charge in [-0.2, -0.15) is 0 Å². The molecule has 1 N–H and O–H groups in total. The molecule has 7 nitrogen and oxygen atoms in total. The summed E-state index contributed by atoms with van der Waals surface area (Å²) in [5, 5.41) is 2.18. The van der Waals surface area contributed by atoms with Gasteiger partial charge in [-0.3, -0.25) is 19.9 Å². The molecule has 0 saturated carbocycles.